The summed E-state index contributed by atoms with van der Waals surface area (Å²) >= 11 is 0. The fourth-order valence-corrected chi connectivity index (χ4v) is 10.6. The molecular weight excluding hydrogens is 862 g/mol. The van der Waals surface area contributed by atoms with E-state index in [2.05, 4.69) is 289 Å². The lowest BCUT2D eigenvalue weighted by molar-refractivity contribution is 0.486. The summed E-state index contributed by atoms with van der Waals surface area (Å²) < 4.78 is 7.40. The van der Waals surface area contributed by atoms with Gasteiger partial charge in [-0.2, -0.15) is 0 Å². The second-order valence-corrected chi connectivity index (χ2v) is 22.3. The quantitative estimate of drug-likeness (QED) is 0.141. The molecule has 0 radical (unpaired) electrons. The molecule has 2 aliphatic rings. The van der Waals surface area contributed by atoms with Crippen molar-refractivity contribution in [3.05, 3.63) is 229 Å². The Hall–Kier alpha value is -7.76. The molecule has 0 bridgehead atoms. The number of fused-ring (bicyclic) bond motifs is 4. The summed E-state index contributed by atoms with van der Waals surface area (Å²) in [5.74, 6) is 1.76. The molecule has 2 heterocycles. The summed E-state index contributed by atoms with van der Waals surface area (Å²) in [6.07, 6.45) is 0. The Morgan fingerprint density at radius 2 is 0.817 bits per heavy atom. The maximum absolute atomic E-state index is 7.40. The third kappa shape index (κ3) is 8.37. The van der Waals surface area contributed by atoms with Crippen molar-refractivity contribution >= 4 is 74.3 Å². The fourth-order valence-electron chi connectivity index (χ4n) is 10.6. The topological polar surface area (TPSA) is 19.0 Å². The van der Waals surface area contributed by atoms with E-state index in [1.54, 1.807) is 0 Å². The lowest BCUT2D eigenvalue weighted by atomic mass is 9.33. The summed E-state index contributed by atoms with van der Waals surface area (Å²) in [7, 11) is 0. The monoisotopic (exact) mass is 923 g/mol. The number of rotatable bonds is 8. The molecule has 4 nitrogen and oxygen atoms in total. The van der Waals surface area contributed by atoms with E-state index in [4.69, 9.17) is 4.74 Å². The smallest absolute Gasteiger partial charge is 0.256 e. The van der Waals surface area contributed by atoms with Crippen LogP contribution >= 0.6 is 0 Å². The Kier molecular flexibility index (Phi) is 11.3. The highest BCUT2D eigenvalue weighted by molar-refractivity contribution is 6.99. The molecule has 0 amide bonds. The van der Waals surface area contributed by atoms with Gasteiger partial charge in [0.05, 0.1) is 11.4 Å². The number of ether oxygens (including phenoxy) is 1. The lowest BCUT2D eigenvalue weighted by Gasteiger charge is -2.41. The second kappa shape index (κ2) is 17.6. The summed E-state index contributed by atoms with van der Waals surface area (Å²) in [5.41, 5.74) is 19.3. The Balaban J connectivity index is 1.26. The minimum atomic E-state index is -0.0764. The Morgan fingerprint density at radius 3 is 1.28 bits per heavy atom. The normalized spacial score (nSPS) is 12.9. The first kappa shape index (κ1) is 45.7. The van der Waals surface area contributed by atoms with Gasteiger partial charge in [-0.15, -0.1) is 0 Å². The first-order chi connectivity index (χ1) is 34.1. The molecule has 2 aliphatic heterocycles. The van der Waals surface area contributed by atoms with Crippen LogP contribution in [-0.2, 0) is 16.2 Å². The fraction of sp³-hybridized carbons (Fsp3) is 0.182. The van der Waals surface area contributed by atoms with Crippen LogP contribution in [0.4, 0.5) is 51.2 Å². The predicted octanol–water partition coefficient (Wildman–Crippen LogP) is 16.6. The summed E-state index contributed by atoms with van der Waals surface area (Å²) in [5, 5.41) is 0. The van der Waals surface area contributed by atoms with Gasteiger partial charge >= 0.3 is 0 Å². The summed E-state index contributed by atoms with van der Waals surface area (Å²) in [4.78, 5) is 7.31. The molecule has 0 spiro atoms. The highest BCUT2D eigenvalue weighted by Gasteiger charge is 2.44. The van der Waals surface area contributed by atoms with Crippen LogP contribution in [0.1, 0.15) is 79.0 Å². The van der Waals surface area contributed by atoms with Crippen molar-refractivity contribution in [3.8, 4) is 22.6 Å². The van der Waals surface area contributed by atoms with Crippen LogP contribution < -0.4 is 35.8 Å². The minimum Gasteiger partial charge on any atom is -0.458 e. The zero-order valence-electron chi connectivity index (χ0n) is 42.5. The van der Waals surface area contributed by atoms with E-state index in [9.17, 15) is 0 Å². The van der Waals surface area contributed by atoms with Gasteiger partial charge in [-0.1, -0.05) is 178 Å². The van der Waals surface area contributed by atoms with Gasteiger partial charge in [0.1, 0.15) is 11.5 Å². The Bertz CT molecular complexity index is 3210. The van der Waals surface area contributed by atoms with Gasteiger partial charge in [-0.3, -0.25) is 0 Å². The highest BCUT2D eigenvalue weighted by atomic mass is 16.5. The molecule has 0 saturated heterocycles. The third-order valence-electron chi connectivity index (χ3n) is 14.3. The molecule has 0 N–H and O–H groups in total. The van der Waals surface area contributed by atoms with Gasteiger partial charge in [-0.05, 0) is 152 Å². The average molecular weight is 924 g/mol. The number of para-hydroxylation sites is 4. The van der Waals surface area contributed by atoms with E-state index in [0.29, 0.717) is 0 Å². The first-order valence-electron chi connectivity index (χ1n) is 25.1. The van der Waals surface area contributed by atoms with Crippen LogP contribution in [-0.4, -0.2) is 6.71 Å². The lowest BCUT2D eigenvalue weighted by Crippen LogP contribution is -2.60. The van der Waals surface area contributed by atoms with Crippen molar-refractivity contribution in [1.29, 1.82) is 0 Å². The van der Waals surface area contributed by atoms with E-state index < -0.39 is 0 Å². The van der Waals surface area contributed by atoms with Crippen molar-refractivity contribution in [2.45, 2.75) is 78.6 Å². The van der Waals surface area contributed by atoms with Crippen molar-refractivity contribution in [3.63, 3.8) is 0 Å². The van der Waals surface area contributed by atoms with Gasteiger partial charge < -0.3 is 19.4 Å². The molecule has 11 rings (SSSR count). The van der Waals surface area contributed by atoms with Crippen LogP contribution in [0.5, 0.6) is 11.5 Å². The van der Waals surface area contributed by atoms with E-state index >= 15 is 0 Å². The molecule has 71 heavy (non-hydrogen) atoms. The van der Waals surface area contributed by atoms with Crippen molar-refractivity contribution in [1.82, 2.24) is 0 Å². The van der Waals surface area contributed by atoms with Gasteiger partial charge in [0, 0.05) is 45.4 Å². The van der Waals surface area contributed by atoms with Gasteiger partial charge in [0.25, 0.3) is 6.71 Å². The first-order valence-corrected chi connectivity index (χ1v) is 25.1. The molecule has 5 heteroatoms. The Labute approximate surface area is 421 Å². The molecule has 350 valence electrons. The number of benzene rings is 9. The molecule has 0 aliphatic carbocycles. The number of nitrogens with zero attached hydrogens (tertiary/aromatic N) is 3. The van der Waals surface area contributed by atoms with Crippen LogP contribution in [0, 0.1) is 0 Å². The van der Waals surface area contributed by atoms with Crippen LogP contribution in [0.25, 0.3) is 11.1 Å². The number of hydrogen-bond acceptors (Lipinski definition) is 4. The van der Waals surface area contributed by atoms with Crippen molar-refractivity contribution < 1.29 is 4.74 Å². The minimum absolute atomic E-state index is 0.000688. The van der Waals surface area contributed by atoms with Crippen LogP contribution in [0.15, 0.2) is 212 Å². The van der Waals surface area contributed by atoms with Crippen molar-refractivity contribution in [2.75, 3.05) is 14.7 Å². The highest BCUT2D eigenvalue weighted by Crippen LogP contribution is 2.52. The molecular formula is C66H62BN3O. The molecule has 0 aromatic heterocycles. The van der Waals surface area contributed by atoms with E-state index in [1.807, 2.05) is 0 Å². The average Bonchev–Trinajstić information content (AvgIpc) is 3.36. The maximum Gasteiger partial charge on any atom is 0.256 e. The number of hydrogen-bond donors (Lipinski definition) is 0. The maximum atomic E-state index is 7.40. The van der Waals surface area contributed by atoms with Gasteiger partial charge in [-0.25, -0.2) is 0 Å². The van der Waals surface area contributed by atoms with Gasteiger partial charge in [0.2, 0.25) is 0 Å². The molecule has 0 fully saturated rings. The van der Waals surface area contributed by atoms with Crippen LogP contribution in [0.2, 0.25) is 0 Å². The van der Waals surface area contributed by atoms with E-state index in [0.717, 1.165) is 68.1 Å². The standard InChI is InChI=1S/C66H62BN3O/c1-64(2,3)46-33-37-53(38-34-46)70-56-39-35-47(65(4,5)6)43-54(56)67-55-44-48(66(7,8)9)36-40-60(55)71-61-42-45(41-59(70)63(61)67)62-57(68(49-23-14-10-15-24-49)50-25-16-11-17-26-50)31-22-32-58(62)69(51-27-18-12-19-28-51)52-29-20-13-21-30-52/h10-44H,1-9H3. The third-order valence-corrected chi connectivity index (χ3v) is 14.3. The molecule has 0 saturated carbocycles. The van der Waals surface area contributed by atoms with Gasteiger partial charge in [0.15, 0.2) is 0 Å². The predicted molar refractivity (Wildman–Crippen MR) is 303 cm³/mol. The van der Waals surface area contributed by atoms with Crippen molar-refractivity contribution in [2.24, 2.45) is 0 Å². The van der Waals surface area contributed by atoms with E-state index in [-0.39, 0.29) is 23.0 Å². The zero-order chi connectivity index (χ0) is 49.2. The summed E-state index contributed by atoms with van der Waals surface area (Å²) in [6, 6.07) is 77.9. The molecule has 0 atom stereocenters. The Morgan fingerprint density at radius 1 is 0.380 bits per heavy atom. The second-order valence-electron chi connectivity index (χ2n) is 22.3. The molecule has 9 aromatic rings. The SMILES string of the molecule is CC(C)(C)c1ccc(N2c3ccc(C(C)(C)C)cc3B3c4cc(C(C)(C)C)ccc4Oc4cc(-c5c(N(c6ccccc6)c6ccccc6)cccc5N(c5ccccc5)c5ccccc5)cc2c43)cc1. The molecule has 9 aromatic carbocycles. The number of anilines is 9. The zero-order valence-corrected chi connectivity index (χ0v) is 42.5. The molecule has 0 unspecified atom stereocenters. The van der Waals surface area contributed by atoms with E-state index in [1.165, 1.54) is 38.8 Å². The van der Waals surface area contributed by atoms with Crippen LogP contribution in [0.3, 0.4) is 0 Å². The summed E-state index contributed by atoms with van der Waals surface area (Å²) in [6.45, 7) is 20.6. The largest absolute Gasteiger partial charge is 0.458 e.